The summed E-state index contributed by atoms with van der Waals surface area (Å²) in [6, 6.07) is 14.3. The molecule has 1 N–H and O–H groups in total. The van der Waals surface area contributed by atoms with Gasteiger partial charge >= 0.3 is 0 Å². The summed E-state index contributed by atoms with van der Waals surface area (Å²) in [6.45, 7) is 0.238. The maximum atomic E-state index is 13.0. The number of halogens is 2. The smallest absolute Gasteiger partial charge is 0.296 e. The van der Waals surface area contributed by atoms with Crippen molar-refractivity contribution in [3.8, 4) is 22.1 Å². The van der Waals surface area contributed by atoms with E-state index in [1.54, 1.807) is 43.8 Å². The number of nitrogens with one attached hydrogen (secondary N) is 1. The number of para-hydroxylation sites is 1. The molecule has 0 unspecified atom stereocenters. The molecule has 2 heterocycles. The molecule has 0 aliphatic rings. The van der Waals surface area contributed by atoms with Crippen LogP contribution in [0.2, 0.25) is 10.0 Å². The Morgan fingerprint density at radius 1 is 1.06 bits per heavy atom. The largest absolute Gasteiger partial charge is 0.496 e. The number of amides is 1. The van der Waals surface area contributed by atoms with Gasteiger partial charge in [-0.25, -0.2) is 0 Å². The number of carbonyl (C=O) groups excluding carboxylic acids is 1. The van der Waals surface area contributed by atoms with Crippen LogP contribution in [0.4, 0.5) is 5.13 Å². The zero-order valence-electron chi connectivity index (χ0n) is 16.7. The molecule has 10 heteroatoms. The van der Waals surface area contributed by atoms with Crippen molar-refractivity contribution >= 4 is 45.6 Å². The molecule has 0 saturated heterocycles. The molecular weight excluding hydrogens is 471 g/mol. The Labute approximate surface area is 198 Å². The quantitative estimate of drug-likeness (QED) is 0.358. The van der Waals surface area contributed by atoms with Crippen LogP contribution in [0.25, 0.3) is 11.1 Å². The second-order valence-corrected chi connectivity index (χ2v) is 8.24. The van der Waals surface area contributed by atoms with Crippen molar-refractivity contribution in [2.45, 2.75) is 6.61 Å². The summed E-state index contributed by atoms with van der Waals surface area (Å²) >= 11 is 13.1. The maximum absolute atomic E-state index is 13.0. The fourth-order valence-corrected chi connectivity index (χ4v) is 3.84. The Bertz CT molecular complexity index is 1270. The lowest BCUT2D eigenvalue weighted by molar-refractivity contribution is 0.102. The minimum absolute atomic E-state index is 0.238. The van der Waals surface area contributed by atoms with Gasteiger partial charge in [0.2, 0.25) is 5.13 Å². The van der Waals surface area contributed by atoms with Crippen LogP contribution in [0, 0.1) is 0 Å². The highest BCUT2D eigenvalue weighted by Gasteiger charge is 2.17. The Morgan fingerprint density at radius 3 is 2.72 bits per heavy atom. The van der Waals surface area contributed by atoms with E-state index in [9.17, 15) is 4.79 Å². The molecule has 2 aromatic carbocycles. The van der Waals surface area contributed by atoms with Crippen molar-refractivity contribution in [2.75, 3.05) is 12.4 Å². The zero-order chi connectivity index (χ0) is 22.5. The first kappa shape index (κ1) is 22.0. The SMILES string of the molecule is COc1ccccc1-c1cnccc1C(=O)Nc1nnc(OCc2ccc(Cl)c(Cl)c2)s1. The summed E-state index contributed by atoms with van der Waals surface area (Å²) in [5.74, 6) is 0.295. The van der Waals surface area contributed by atoms with E-state index in [2.05, 4.69) is 20.5 Å². The number of methoxy groups -OCH3 is 1. The fraction of sp³-hybridized carbons (Fsp3) is 0.0909. The van der Waals surface area contributed by atoms with Gasteiger partial charge in [-0.05, 0) is 41.2 Å². The standard InChI is InChI=1S/C22H16Cl2N4O3S/c1-30-19-5-3-2-4-14(19)16-11-25-9-8-15(16)20(29)26-21-27-28-22(32-21)31-12-13-6-7-17(23)18(24)10-13/h2-11H,12H2,1H3,(H,26,27,29). The lowest BCUT2D eigenvalue weighted by Crippen LogP contribution is -2.13. The summed E-state index contributed by atoms with van der Waals surface area (Å²) in [6.07, 6.45) is 3.18. The molecule has 4 rings (SSSR count). The van der Waals surface area contributed by atoms with Gasteiger partial charge in [-0.2, -0.15) is 0 Å². The highest BCUT2D eigenvalue weighted by Crippen LogP contribution is 2.32. The molecule has 2 aromatic heterocycles. The van der Waals surface area contributed by atoms with Crippen molar-refractivity contribution < 1.29 is 14.3 Å². The predicted molar refractivity (Wildman–Crippen MR) is 125 cm³/mol. The average Bonchev–Trinajstić information content (AvgIpc) is 3.27. The summed E-state index contributed by atoms with van der Waals surface area (Å²) in [4.78, 5) is 17.1. The number of pyridine rings is 1. The molecule has 32 heavy (non-hydrogen) atoms. The average molecular weight is 487 g/mol. The third-order valence-corrected chi connectivity index (χ3v) is 5.93. The van der Waals surface area contributed by atoms with Gasteiger partial charge in [-0.1, -0.05) is 52.6 Å². The van der Waals surface area contributed by atoms with Gasteiger partial charge in [0, 0.05) is 23.5 Å². The Kier molecular flexibility index (Phi) is 6.84. The fourth-order valence-electron chi connectivity index (χ4n) is 2.93. The molecule has 0 fully saturated rings. The van der Waals surface area contributed by atoms with E-state index < -0.39 is 0 Å². The van der Waals surface area contributed by atoms with Gasteiger partial charge in [-0.15, -0.1) is 5.10 Å². The van der Waals surface area contributed by atoms with Crippen LogP contribution >= 0.6 is 34.5 Å². The van der Waals surface area contributed by atoms with Crippen LogP contribution < -0.4 is 14.8 Å². The molecule has 0 aliphatic heterocycles. The van der Waals surface area contributed by atoms with Gasteiger partial charge in [0.25, 0.3) is 11.1 Å². The van der Waals surface area contributed by atoms with Crippen LogP contribution in [0.3, 0.4) is 0 Å². The third kappa shape index (κ3) is 4.99. The minimum atomic E-state index is -0.347. The number of nitrogens with zero attached hydrogens (tertiary/aromatic N) is 3. The lowest BCUT2D eigenvalue weighted by atomic mass is 10.0. The lowest BCUT2D eigenvalue weighted by Gasteiger charge is -2.11. The molecule has 0 aliphatic carbocycles. The maximum Gasteiger partial charge on any atom is 0.296 e. The Hall–Kier alpha value is -3.20. The number of benzene rings is 2. The molecule has 0 radical (unpaired) electrons. The van der Waals surface area contributed by atoms with Gasteiger partial charge in [0.15, 0.2) is 0 Å². The number of rotatable bonds is 7. The van der Waals surface area contributed by atoms with Gasteiger partial charge in [0.05, 0.1) is 22.7 Å². The summed E-state index contributed by atoms with van der Waals surface area (Å²) < 4.78 is 11.1. The van der Waals surface area contributed by atoms with Crippen LogP contribution in [0.15, 0.2) is 60.9 Å². The first-order chi connectivity index (χ1) is 15.5. The number of aromatic nitrogens is 3. The molecule has 0 spiro atoms. The predicted octanol–water partition coefficient (Wildman–Crippen LogP) is 5.75. The minimum Gasteiger partial charge on any atom is -0.496 e. The molecule has 7 nitrogen and oxygen atoms in total. The van der Waals surface area contributed by atoms with Gasteiger partial charge in [0.1, 0.15) is 12.4 Å². The van der Waals surface area contributed by atoms with Crippen molar-refractivity contribution in [2.24, 2.45) is 0 Å². The van der Waals surface area contributed by atoms with E-state index in [1.165, 1.54) is 0 Å². The second-order valence-electron chi connectivity index (χ2n) is 6.49. The van der Waals surface area contributed by atoms with E-state index in [0.29, 0.717) is 37.2 Å². The summed E-state index contributed by atoms with van der Waals surface area (Å²) in [5.41, 5.74) is 2.66. The Balaban J connectivity index is 1.47. The third-order valence-electron chi connectivity index (χ3n) is 4.44. The number of anilines is 1. The highest BCUT2D eigenvalue weighted by atomic mass is 35.5. The van der Waals surface area contributed by atoms with E-state index in [-0.39, 0.29) is 12.5 Å². The topological polar surface area (TPSA) is 86.2 Å². The van der Waals surface area contributed by atoms with Crippen molar-refractivity contribution in [1.82, 2.24) is 15.2 Å². The Morgan fingerprint density at radius 2 is 1.91 bits per heavy atom. The molecule has 0 bridgehead atoms. The van der Waals surface area contributed by atoms with Crippen molar-refractivity contribution in [1.29, 1.82) is 0 Å². The van der Waals surface area contributed by atoms with Crippen LogP contribution in [0.5, 0.6) is 10.9 Å². The van der Waals surface area contributed by atoms with Crippen LogP contribution in [0.1, 0.15) is 15.9 Å². The molecular formula is C22H16Cl2N4O3S. The summed E-state index contributed by atoms with van der Waals surface area (Å²) in [7, 11) is 1.58. The van der Waals surface area contributed by atoms with Crippen molar-refractivity contribution in [3.05, 3.63) is 82.1 Å². The first-order valence-electron chi connectivity index (χ1n) is 9.34. The number of ether oxygens (including phenoxy) is 2. The monoisotopic (exact) mass is 486 g/mol. The normalized spacial score (nSPS) is 10.6. The molecule has 162 valence electrons. The summed E-state index contributed by atoms with van der Waals surface area (Å²) in [5, 5.41) is 12.2. The van der Waals surface area contributed by atoms with Crippen LogP contribution in [-0.4, -0.2) is 28.2 Å². The van der Waals surface area contributed by atoms with E-state index >= 15 is 0 Å². The number of carbonyl (C=O) groups is 1. The number of hydrogen-bond donors (Lipinski definition) is 1. The second kappa shape index (κ2) is 9.95. The number of hydrogen-bond acceptors (Lipinski definition) is 7. The first-order valence-corrected chi connectivity index (χ1v) is 10.9. The van der Waals surface area contributed by atoms with E-state index in [0.717, 1.165) is 22.5 Å². The molecule has 4 aromatic rings. The van der Waals surface area contributed by atoms with E-state index in [4.69, 9.17) is 32.7 Å². The molecule has 1 amide bonds. The zero-order valence-corrected chi connectivity index (χ0v) is 19.0. The molecule has 0 saturated carbocycles. The van der Waals surface area contributed by atoms with Gasteiger partial charge < -0.3 is 9.47 Å². The van der Waals surface area contributed by atoms with E-state index in [1.807, 2.05) is 24.3 Å². The highest BCUT2D eigenvalue weighted by molar-refractivity contribution is 7.17. The van der Waals surface area contributed by atoms with Crippen LogP contribution in [-0.2, 0) is 6.61 Å². The molecule has 0 atom stereocenters. The van der Waals surface area contributed by atoms with Crippen molar-refractivity contribution in [3.63, 3.8) is 0 Å². The van der Waals surface area contributed by atoms with Gasteiger partial charge in [-0.3, -0.25) is 15.1 Å².